The Morgan fingerprint density at radius 1 is 1.21 bits per heavy atom. The number of carbonyl (C=O) groups is 1. The monoisotopic (exact) mass is 543 g/mol. The number of anilines is 2. The number of nitrogens with zero attached hydrogens (tertiary/aromatic N) is 8. The van der Waals surface area contributed by atoms with E-state index in [9.17, 15) is 15.2 Å². The summed E-state index contributed by atoms with van der Waals surface area (Å²) in [5.41, 5.74) is 3.29. The van der Waals surface area contributed by atoms with E-state index in [4.69, 9.17) is 4.98 Å². The molecule has 3 saturated heterocycles. The van der Waals surface area contributed by atoms with Crippen LogP contribution in [-0.4, -0.2) is 77.5 Å². The minimum atomic E-state index is -1.36. The third-order valence-electron chi connectivity index (χ3n) is 7.11. The third-order valence-corrected chi connectivity index (χ3v) is 8.12. The lowest BCUT2D eigenvalue weighted by Gasteiger charge is -2.57. The molecule has 7 rings (SSSR count). The lowest BCUT2D eigenvalue weighted by Crippen LogP contribution is -2.72. The Morgan fingerprint density at radius 3 is 2.67 bits per heavy atom. The zero-order chi connectivity index (χ0) is 27.5. The zero-order valence-electron chi connectivity index (χ0n) is 22.2. The van der Waals surface area contributed by atoms with Crippen molar-refractivity contribution in [3.05, 3.63) is 42.2 Å². The topological polar surface area (TPSA) is 136 Å². The second kappa shape index (κ2) is 9.29. The predicted octanol–water partition coefficient (Wildman–Crippen LogP) is 3.17. The molecular weight excluding hydrogens is 514 g/mol. The molecule has 0 radical (unpaired) electrons. The first-order valence-corrected chi connectivity index (χ1v) is 13.7. The summed E-state index contributed by atoms with van der Waals surface area (Å²) in [5.74, 6) is -0.214. The normalized spacial score (nSPS) is 18.8. The van der Waals surface area contributed by atoms with E-state index < -0.39 is 5.60 Å². The molecule has 3 aliphatic rings. The van der Waals surface area contributed by atoms with Gasteiger partial charge in [0.15, 0.2) is 5.01 Å². The van der Waals surface area contributed by atoms with Crippen LogP contribution in [0.5, 0.6) is 0 Å². The van der Waals surface area contributed by atoms with Crippen LogP contribution in [0.25, 0.3) is 27.5 Å². The van der Waals surface area contributed by atoms with E-state index in [1.165, 1.54) is 11.3 Å². The SMILES string of the molecule is CC(C)Nc1cc(-c2ccc3cc(C#N)cnn23)ncc1-c1nnc(N2CC3CC(C2)N3C(=O)C(C)(C)O)s1. The van der Waals surface area contributed by atoms with Gasteiger partial charge in [0.25, 0.3) is 5.91 Å². The maximum absolute atomic E-state index is 12.6. The van der Waals surface area contributed by atoms with Gasteiger partial charge in [0.2, 0.25) is 5.13 Å². The van der Waals surface area contributed by atoms with Crippen LogP contribution >= 0.6 is 11.3 Å². The van der Waals surface area contributed by atoms with Gasteiger partial charge >= 0.3 is 0 Å². The van der Waals surface area contributed by atoms with Crippen molar-refractivity contribution in [2.75, 3.05) is 23.3 Å². The van der Waals surface area contributed by atoms with Gasteiger partial charge in [-0.15, -0.1) is 10.2 Å². The lowest BCUT2D eigenvalue weighted by molar-refractivity contribution is -0.163. The third kappa shape index (κ3) is 4.47. The Balaban J connectivity index is 1.27. The molecule has 3 aliphatic heterocycles. The van der Waals surface area contributed by atoms with E-state index in [0.29, 0.717) is 18.7 Å². The molecule has 12 heteroatoms. The minimum absolute atomic E-state index is 0.0730. The van der Waals surface area contributed by atoms with Gasteiger partial charge in [0.1, 0.15) is 11.7 Å². The summed E-state index contributed by atoms with van der Waals surface area (Å²) in [4.78, 5) is 21.4. The summed E-state index contributed by atoms with van der Waals surface area (Å²) in [6, 6.07) is 10.1. The average molecular weight is 544 g/mol. The fourth-order valence-electron chi connectivity index (χ4n) is 5.32. The maximum Gasteiger partial charge on any atom is 0.254 e. The van der Waals surface area contributed by atoms with Gasteiger partial charge in [0, 0.05) is 31.0 Å². The molecule has 2 N–H and O–H groups in total. The number of hydrogen-bond acceptors (Lipinski definition) is 10. The van der Waals surface area contributed by atoms with Crippen LogP contribution in [0.15, 0.2) is 36.7 Å². The number of hydrogen-bond donors (Lipinski definition) is 2. The molecule has 4 aromatic heterocycles. The Bertz CT molecular complexity index is 1600. The summed E-state index contributed by atoms with van der Waals surface area (Å²) in [5, 5.41) is 37.9. The summed E-state index contributed by atoms with van der Waals surface area (Å²) in [6.45, 7) is 8.58. The second-order valence-electron chi connectivity index (χ2n) is 10.9. The van der Waals surface area contributed by atoms with Gasteiger partial charge < -0.3 is 20.2 Å². The van der Waals surface area contributed by atoms with Crippen LogP contribution < -0.4 is 10.2 Å². The molecule has 1 amide bonds. The van der Waals surface area contributed by atoms with Crippen LogP contribution in [0.2, 0.25) is 0 Å². The number of piperazine rings is 1. The van der Waals surface area contributed by atoms with E-state index >= 15 is 0 Å². The number of fused-ring (bicyclic) bond motifs is 3. The fourth-order valence-corrected chi connectivity index (χ4v) is 6.20. The van der Waals surface area contributed by atoms with Crippen LogP contribution in [-0.2, 0) is 4.79 Å². The summed E-state index contributed by atoms with van der Waals surface area (Å²) in [7, 11) is 0. The molecule has 0 saturated carbocycles. The second-order valence-corrected chi connectivity index (χ2v) is 11.9. The molecule has 0 aromatic carbocycles. The fraction of sp³-hybridized carbons (Fsp3) is 0.407. The molecule has 7 heterocycles. The number of nitrogens with one attached hydrogen (secondary N) is 1. The number of pyridine rings is 1. The number of nitriles is 1. The number of amides is 1. The quantitative estimate of drug-likeness (QED) is 0.376. The van der Waals surface area contributed by atoms with Gasteiger partial charge in [-0.25, -0.2) is 4.52 Å². The van der Waals surface area contributed by atoms with Crippen LogP contribution in [0.4, 0.5) is 10.8 Å². The molecule has 39 heavy (non-hydrogen) atoms. The van der Waals surface area contributed by atoms with Gasteiger partial charge in [-0.05, 0) is 58.4 Å². The Morgan fingerprint density at radius 2 is 1.97 bits per heavy atom. The Hall–Kier alpha value is -4.08. The first-order valence-electron chi connectivity index (χ1n) is 12.9. The highest BCUT2D eigenvalue weighted by atomic mass is 32.1. The highest BCUT2D eigenvalue weighted by Crippen LogP contribution is 2.40. The van der Waals surface area contributed by atoms with E-state index in [1.807, 2.05) is 29.3 Å². The molecule has 2 bridgehead atoms. The summed E-state index contributed by atoms with van der Waals surface area (Å²) in [6.07, 6.45) is 4.30. The van der Waals surface area contributed by atoms with Crippen molar-refractivity contribution < 1.29 is 9.90 Å². The molecule has 0 aliphatic carbocycles. The Kier molecular flexibility index (Phi) is 6.00. The van der Waals surface area contributed by atoms with Crippen molar-refractivity contribution in [2.24, 2.45) is 0 Å². The van der Waals surface area contributed by atoms with Crippen molar-refractivity contribution in [3.8, 4) is 28.0 Å². The van der Waals surface area contributed by atoms with E-state index in [-0.39, 0.29) is 24.0 Å². The Labute approximate surface area is 229 Å². The van der Waals surface area contributed by atoms with Gasteiger partial charge in [-0.1, -0.05) is 11.3 Å². The molecule has 4 aromatic rings. The first kappa shape index (κ1) is 25.2. The number of aromatic nitrogens is 5. The molecule has 11 nitrogen and oxygen atoms in total. The van der Waals surface area contributed by atoms with Gasteiger partial charge in [-0.2, -0.15) is 10.4 Å². The van der Waals surface area contributed by atoms with Gasteiger partial charge in [0.05, 0.1) is 46.3 Å². The number of carbonyl (C=O) groups excluding carboxylic acids is 1. The smallest absolute Gasteiger partial charge is 0.254 e. The first-order chi connectivity index (χ1) is 18.6. The standard InChI is InChI=1S/C27H29N9O2S/c1-15(2)31-21-9-22(23-6-5-17-7-16(10-28)11-30-36(17)23)29-12-20(21)24-32-33-26(39-24)34-13-18-8-19(14-34)35(18)25(37)27(3,4)38/h5-7,9,11-12,15,18-19,38H,8,13-14H2,1-4H3,(H,29,31). The molecule has 0 spiro atoms. The minimum Gasteiger partial charge on any atom is -0.382 e. The molecular formula is C27H29N9O2S. The van der Waals surface area contributed by atoms with Crippen molar-refractivity contribution >= 4 is 33.6 Å². The number of rotatable bonds is 6. The molecule has 3 fully saturated rings. The van der Waals surface area contributed by atoms with Crippen molar-refractivity contribution in [3.63, 3.8) is 0 Å². The van der Waals surface area contributed by atoms with Crippen LogP contribution in [0, 0.1) is 11.3 Å². The molecule has 200 valence electrons. The lowest BCUT2D eigenvalue weighted by atomic mass is 9.85. The largest absolute Gasteiger partial charge is 0.382 e. The van der Waals surface area contributed by atoms with E-state index in [1.54, 1.807) is 30.6 Å². The average Bonchev–Trinajstić information content (AvgIpc) is 3.55. The van der Waals surface area contributed by atoms with Crippen molar-refractivity contribution in [1.82, 2.24) is 29.7 Å². The number of aliphatic hydroxyl groups is 1. The predicted molar refractivity (Wildman–Crippen MR) is 148 cm³/mol. The maximum atomic E-state index is 12.6. The highest BCUT2D eigenvalue weighted by molar-refractivity contribution is 7.18. The zero-order valence-corrected chi connectivity index (χ0v) is 23.0. The van der Waals surface area contributed by atoms with Crippen LogP contribution in [0.1, 0.15) is 39.7 Å². The van der Waals surface area contributed by atoms with Crippen LogP contribution in [0.3, 0.4) is 0 Å². The van der Waals surface area contributed by atoms with E-state index in [2.05, 4.69) is 45.4 Å². The van der Waals surface area contributed by atoms with Gasteiger partial charge in [-0.3, -0.25) is 9.78 Å². The summed E-state index contributed by atoms with van der Waals surface area (Å²) < 4.78 is 1.78. The molecule has 2 unspecified atom stereocenters. The summed E-state index contributed by atoms with van der Waals surface area (Å²) >= 11 is 1.50. The highest BCUT2D eigenvalue weighted by Gasteiger charge is 2.50. The number of piperidine rings is 1. The van der Waals surface area contributed by atoms with Crippen molar-refractivity contribution in [1.29, 1.82) is 5.26 Å². The van der Waals surface area contributed by atoms with E-state index in [0.717, 1.165) is 44.7 Å². The molecule has 2 atom stereocenters. The van der Waals surface area contributed by atoms with Crippen molar-refractivity contribution in [2.45, 2.75) is 57.8 Å².